The maximum atomic E-state index is 3.22. The first-order valence-electron chi connectivity index (χ1n) is 6.70. The quantitative estimate of drug-likeness (QED) is 0.737. The smallest absolute Gasteiger partial charge is 0.0117 e. The molecule has 1 aliphatic heterocycles. The van der Waals surface area contributed by atoms with E-state index in [1.807, 2.05) is 7.05 Å². The molecule has 1 heterocycles. The Morgan fingerprint density at radius 2 is 1.94 bits per heavy atom. The predicted octanol–water partition coefficient (Wildman–Crippen LogP) is 1.26. The van der Waals surface area contributed by atoms with Crippen molar-refractivity contribution in [3.05, 3.63) is 0 Å². The van der Waals surface area contributed by atoms with Crippen LogP contribution in [0.4, 0.5) is 0 Å². The summed E-state index contributed by atoms with van der Waals surface area (Å²) in [5.41, 5.74) is 0. The highest BCUT2D eigenvalue weighted by molar-refractivity contribution is 4.78. The molecule has 1 N–H and O–H groups in total. The summed E-state index contributed by atoms with van der Waals surface area (Å²) in [6.45, 7) is 10.7. The molecular formula is C13H29N3. The Labute approximate surface area is 101 Å². The predicted molar refractivity (Wildman–Crippen MR) is 70.9 cm³/mol. The Morgan fingerprint density at radius 1 is 1.31 bits per heavy atom. The second kappa shape index (κ2) is 7.25. The molecule has 0 amide bonds. The molecule has 3 nitrogen and oxygen atoms in total. The molecule has 1 aliphatic rings. The van der Waals surface area contributed by atoms with Crippen LogP contribution in [0, 0.1) is 5.92 Å². The highest BCUT2D eigenvalue weighted by atomic mass is 15.2. The first kappa shape index (κ1) is 13.9. The standard InChI is InChI=1S/C13H29N3/c1-12(2)11-16-8-5-13(6-9-16)15(4)10-7-14-3/h12-14H,5-11H2,1-4H3. The number of nitrogens with zero attached hydrogens (tertiary/aromatic N) is 2. The molecule has 0 aromatic carbocycles. The molecule has 0 saturated carbocycles. The van der Waals surface area contributed by atoms with Crippen molar-refractivity contribution in [2.45, 2.75) is 32.7 Å². The molecule has 1 saturated heterocycles. The van der Waals surface area contributed by atoms with Gasteiger partial charge in [-0.15, -0.1) is 0 Å². The van der Waals surface area contributed by atoms with Crippen molar-refractivity contribution in [2.75, 3.05) is 46.8 Å². The molecule has 0 bridgehead atoms. The summed E-state index contributed by atoms with van der Waals surface area (Å²) in [5, 5.41) is 3.22. The van der Waals surface area contributed by atoms with Crippen molar-refractivity contribution in [1.29, 1.82) is 0 Å². The second-order valence-corrected chi connectivity index (χ2v) is 5.51. The van der Waals surface area contributed by atoms with Gasteiger partial charge in [-0.3, -0.25) is 0 Å². The van der Waals surface area contributed by atoms with Gasteiger partial charge in [0.2, 0.25) is 0 Å². The molecule has 0 atom stereocenters. The summed E-state index contributed by atoms with van der Waals surface area (Å²) >= 11 is 0. The lowest BCUT2D eigenvalue weighted by atomic mass is 10.0. The number of likely N-dealkylation sites (N-methyl/N-ethyl adjacent to an activating group) is 2. The van der Waals surface area contributed by atoms with Gasteiger partial charge in [0.25, 0.3) is 0 Å². The fraction of sp³-hybridized carbons (Fsp3) is 1.00. The number of likely N-dealkylation sites (tertiary alicyclic amines) is 1. The monoisotopic (exact) mass is 227 g/mol. The third-order valence-electron chi connectivity index (χ3n) is 3.52. The van der Waals surface area contributed by atoms with E-state index in [1.54, 1.807) is 0 Å². The lowest BCUT2D eigenvalue weighted by molar-refractivity contribution is 0.120. The number of rotatable bonds is 6. The van der Waals surface area contributed by atoms with Crippen molar-refractivity contribution in [3.8, 4) is 0 Å². The summed E-state index contributed by atoms with van der Waals surface area (Å²) in [4.78, 5) is 5.14. The van der Waals surface area contributed by atoms with E-state index in [4.69, 9.17) is 0 Å². The van der Waals surface area contributed by atoms with Crippen LogP contribution in [0.3, 0.4) is 0 Å². The third kappa shape index (κ3) is 4.81. The average Bonchev–Trinajstić information content (AvgIpc) is 2.26. The molecule has 0 unspecified atom stereocenters. The zero-order chi connectivity index (χ0) is 12.0. The van der Waals surface area contributed by atoms with Gasteiger partial charge in [0.1, 0.15) is 0 Å². The minimum absolute atomic E-state index is 0.803. The maximum Gasteiger partial charge on any atom is 0.0117 e. The van der Waals surface area contributed by atoms with Crippen LogP contribution in [-0.4, -0.2) is 62.7 Å². The van der Waals surface area contributed by atoms with E-state index in [-0.39, 0.29) is 0 Å². The topological polar surface area (TPSA) is 18.5 Å². The molecule has 16 heavy (non-hydrogen) atoms. The maximum absolute atomic E-state index is 3.22. The minimum Gasteiger partial charge on any atom is -0.318 e. The van der Waals surface area contributed by atoms with Gasteiger partial charge >= 0.3 is 0 Å². The number of hydrogen-bond donors (Lipinski definition) is 1. The van der Waals surface area contributed by atoms with Crippen molar-refractivity contribution in [2.24, 2.45) is 5.92 Å². The summed E-state index contributed by atoms with van der Waals surface area (Å²) in [6, 6.07) is 0.803. The van der Waals surface area contributed by atoms with Crippen molar-refractivity contribution < 1.29 is 0 Å². The van der Waals surface area contributed by atoms with Crippen LogP contribution in [-0.2, 0) is 0 Å². The van der Waals surface area contributed by atoms with Gasteiger partial charge in [-0.1, -0.05) is 13.8 Å². The van der Waals surface area contributed by atoms with Crippen molar-refractivity contribution in [3.63, 3.8) is 0 Å². The molecule has 0 aliphatic carbocycles. The molecule has 3 heteroatoms. The van der Waals surface area contributed by atoms with E-state index in [9.17, 15) is 0 Å². The van der Waals surface area contributed by atoms with Crippen LogP contribution in [0.5, 0.6) is 0 Å². The largest absolute Gasteiger partial charge is 0.318 e. The molecule has 0 aromatic heterocycles. The normalized spacial score (nSPS) is 19.9. The summed E-state index contributed by atoms with van der Waals surface area (Å²) in [7, 11) is 4.29. The molecule has 0 radical (unpaired) electrons. The first-order valence-corrected chi connectivity index (χ1v) is 6.70. The Kier molecular flexibility index (Phi) is 6.32. The van der Waals surface area contributed by atoms with Gasteiger partial charge in [0.15, 0.2) is 0 Å². The highest BCUT2D eigenvalue weighted by Crippen LogP contribution is 2.15. The van der Waals surface area contributed by atoms with Gasteiger partial charge in [-0.25, -0.2) is 0 Å². The van der Waals surface area contributed by atoms with E-state index in [0.29, 0.717) is 0 Å². The van der Waals surface area contributed by atoms with Gasteiger partial charge < -0.3 is 15.1 Å². The van der Waals surface area contributed by atoms with Gasteiger partial charge in [0, 0.05) is 25.7 Å². The minimum atomic E-state index is 0.803. The zero-order valence-electron chi connectivity index (χ0n) is 11.5. The fourth-order valence-electron chi connectivity index (χ4n) is 2.53. The highest BCUT2D eigenvalue weighted by Gasteiger charge is 2.22. The SMILES string of the molecule is CNCCN(C)C1CCN(CC(C)C)CC1. The average molecular weight is 227 g/mol. The van der Waals surface area contributed by atoms with Gasteiger partial charge in [-0.05, 0) is 45.9 Å². The Bertz CT molecular complexity index is 174. The Hall–Kier alpha value is -0.120. The third-order valence-corrected chi connectivity index (χ3v) is 3.52. The molecule has 1 fully saturated rings. The lowest BCUT2D eigenvalue weighted by Gasteiger charge is -2.37. The van der Waals surface area contributed by atoms with E-state index in [2.05, 4.69) is 36.0 Å². The van der Waals surface area contributed by atoms with Crippen molar-refractivity contribution in [1.82, 2.24) is 15.1 Å². The number of hydrogen-bond acceptors (Lipinski definition) is 3. The molecule has 0 spiro atoms. The van der Waals surface area contributed by atoms with E-state index in [1.165, 1.54) is 39.0 Å². The second-order valence-electron chi connectivity index (χ2n) is 5.51. The number of nitrogens with one attached hydrogen (secondary N) is 1. The van der Waals surface area contributed by atoms with Crippen LogP contribution in [0.2, 0.25) is 0 Å². The molecule has 1 rings (SSSR count). The zero-order valence-corrected chi connectivity index (χ0v) is 11.5. The van der Waals surface area contributed by atoms with Crippen molar-refractivity contribution >= 4 is 0 Å². The number of piperidine rings is 1. The van der Waals surface area contributed by atoms with Gasteiger partial charge in [0.05, 0.1) is 0 Å². The fourth-order valence-corrected chi connectivity index (χ4v) is 2.53. The summed E-state index contributed by atoms with van der Waals surface area (Å²) in [6.07, 6.45) is 2.68. The first-order chi connectivity index (χ1) is 7.63. The van der Waals surface area contributed by atoms with Crippen LogP contribution in [0.15, 0.2) is 0 Å². The van der Waals surface area contributed by atoms with E-state index >= 15 is 0 Å². The Balaban J connectivity index is 2.20. The molecular weight excluding hydrogens is 198 g/mol. The van der Waals surface area contributed by atoms with E-state index in [0.717, 1.165) is 18.5 Å². The van der Waals surface area contributed by atoms with Gasteiger partial charge in [-0.2, -0.15) is 0 Å². The Morgan fingerprint density at radius 3 is 2.44 bits per heavy atom. The lowest BCUT2D eigenvalue weighted by Crippen LogP contribution is -2.45. The molecule has 0 aromatic rings. The van der Waals surface area contributed by atoms with Crippen LogP contribution >= 0.6 is 0 Å². The van der Waals surface area contributed by atoms with Crippen LogP contribution < -0.4 is 5.32 Å². The van der Waals surface area contributed by atoms with E-state index < -0.39 is 0 Å². The van der Waals surface area contributed by atoms with Crippen LogP contribution in [0.25, 0.3) is 0 Å². The summed E-state index contributed by atoms with van der Waals surface area (Å²) < 4.78 is 0. The van der Waals surface area contributed by atoms with Crippen LogP contribution in [0.1, 0.15) is 26.7 Å². The summed E-state index contributed by atoms with van der Waals surface area (Å²) in [5.74, 6) is 0.804. The molecule has 96 valence electrons.